The zero-order valence-corrected chi connectivity index (χ0v) is 13.3. The van der Waals surface area contributed by atoms with Gasteiger partial charge in [-0.3, -0.25) is 0 Å². The van der Waals surface area contributed by atoms with Crippen LogP contribution in [0.1, 0.15) is 26.3 Å². The van der Waals surface area contributed by atoms with Gasteiger partial charge < -0.3 is 10.2 Å². The lowest BCUT2D eigenvalue weighted by Gasteiger charge is -2.35. The number of hydrogen-bond acceptors (Lipinski definition) is 2. The molecule has 1 fully saturated rings. The zero-order chi connectivity index (χ0) is 13.3. The van der Waals surface area contributed by atoms with Crippen LogP contribution in [0.2, 0.25) is 0 Å². The van der Waals surface area contributed by atoms with E-state index in [1.807, 2.05) is 0 Å². The Bertz CT molecular complexity index is 429. The SMILES string of the molecule is Cc1ccc(N2CC(C)(C)CNCC2C)c(Br)c1. The van der Waals surface area contributed by atoms with Crippen molar-refractivity contribution in [3.8, 4) is 0 Å². The van der Waals surface area contributed by atoms with E-state index >= 15 is 0 Å². The molecule has 100 valence electrons. The molecule has 2 rings (SSSR count). The Hall–Kier alpha value is -0.540. The van der Waals surface area contributed by atoms with Crippen LogP contribution in [0.25, 0.3) is 0 Å². The molecule has 0 saturated carbocycles. The van der Waals surface area contributed by atoms with Crippen molar-refractivity contribution in [1.82, 2.24) is 5.32 Å². The summed E-state index contributed by atoms with van der Waals surface area (Å²) in [5.74, 6) is 0. The maximum atomic E-state index is 3.71. The fraction of sp³-hybridized carbons (Fsp3) is 0.600. The van der Waals surface area contributed by atoms with Crippen molar-refractivity contribution in [2.45, 2.75) is 33.7 Å². The van der Waals surface area contributed by atoms with E-state index in [2.05, 4.69) is 72.0 Å². The van der Waals surface area contributed by atoms with Gasteiger partial charge in [-0.15, -0.1) is 0 Å². The zero-order valence-electron chi connectivity index (χ0n) is 11.8. The Labute approximate surface area is 119 Å². The minimum absolute atomic E-state index is 0.301. The van der Waals surface area contributed by atoms with Gasteiger partial charge in [0.2, 0.25) is 0 Å². The third-order valence-electron chi connectivity index (χ3n) is 3.59. The van der Waals surface area contributed by atoms with Crippen LogP contribution in [0.3, 0.4) is 0 Å². The molecule has 0 aromatic heterocycles. The monoisotopic (exact) mass is 310 g/mol. The number of benzene rings is 1. The van der Waals surface area contributed by atoms with Gasteiger partial charge >= 0.3 is 0 Å². The van der Waals surface area contributed by atoms with Crippen molar-refractivity contribution in [3.63, 3.8) is 0 Å². The predicted octanol–water partition coefficient (Wildman–Crippen LogP) is 3.58. The highest BCUT2D eigenvalue weighted by molar-refractivity contribution is 9.10. The summed E-state index contributed by atoms with van der Waals surface area (Å²) >= 11 is 3.71. The van der Waals surface area contributed by atoms with Crippen LogP contribution in [-0.2, 0) is 0 Å². The van der Waals surface area contributed by atoms with Crippen LogP contribution >= 0.6 is 15.9 Å². The van der Waals surface area contributed by atoms with Gasteiger partial charge in [-0.2, -0.15) is 0 Å². The quantitative estimate of drug-likeness (QED) is 0.853. The van der Waals surface area contributed by atoms with E-state index in [9.17, 15) is 0 Å². The number of rotatable bonds is 1. The van der Waals surface area contributed by atoms with Gasteiger partial charge in [0.05, 0.1) is 5.69 Å². The van der Waals surface area contributed by atoms with Crippen molar-refractivity contribution in [2.75, 3.05) is 24.5 Å². The first-order valence-electron chi connectivity index (χ1n) is 6.62. The molecule has 1 aromatic rings. The molecule has 1 unspecified atom stereocenters. The van der Waals surface area contributed by atoms with Gasteiger partial charge in [0.15, 0.2) is 0 Å². The second kappa shape index (κ2) is 5.22. The Balaban J connectivity index is 2.33. The van der Waals surface area contributed by atoms with E-state index in [-0.39, 0.29) is 0 Å². The molecule has 18 heavy (non-hydrogen) atoms. The summed E-state index contributed by atoms with van der Waals surface area (Å²) in [7, 11) is 0. The summed E-state index contributed by atoms with van der Waals surface area (Å²) in [6.45, 7) is 12.3. The van der Waals surface area contributed by atoms with E-state index in [0.29, 0.717) is 11.5 Å². The average Bonchev–Trinajstić information content (AvgIpc) is 2.38. The van der Waals surface area contributed by atoms with Crippen LogP contribution in [0.5, 0.6) is 0 Å². The third-order valence-corrected chi connectivity index (χ3v) is 4.22. The number of halogens is 1. The van der Waals surface area contributed by atoms with E-state index in [4.69, 9.17) is 0 Å². The maximum Gasteiger partial charge on any atom is 0.0513 e. The predicted molar refractivity (Wildman–Crippen MR) is 82.3 cm³/mol. The fourth-order valence-electron chi connectivity index (χ4n) is 2.57. The summed E-state index contributed by atoms with van der Waals surface area (Å²) in [5.41, 5.74) is 2.91. The first-order chi connectivity index (χ1) is 8.39. The lowest BCUT2D eigenvalue weighted by molar-refractivity contribution is 0.369. The normalized spacial score (nSPS) is 23.8. The summed E-state index contributed by atoms with van der Waals surface area (Å²) in [6.07, 6.45) is 0. The number of nitrogens with zero attached hydrogens (tertiary/aromatic N) is 1. The lowest BCUT2D eigenvalue weighted by Crippen LogP contribution is -2.40. The Kier molecular flexibility index (Phi) is 4.02. The second-order valence-corrected chi connectivity index (χ2v) is 7.08. The number of nitrogens with one attached hydrogen (secondary N) is 1. The van der Waals surface area contributed by atoms with E-state index in [0.717, 1.165) is 19.6 Å². The van der Waals surface area contributed by atoms with Crippen molar-refractivity contribution >= 4 is 21.6 Å². The van der Waals surface area contributed by atoms with Gasteiger partial charge in [0.1, 0.15) is 0 Å². The first kappa shape index (κ1) is 13.9. The standard InChI is InChI=1S/C15H23BrN2/c1-11-5-6-14(13(16)7-11)18-10-15(3,4)9-17-8-12(18)2/h5-7,12,17H,8-10H2,1-4H3. The van der Waals surface area contributed by atoms with Gasteiger partial charge in [-0.1, -0.05) is 19.9 Å². The summed E-state index contributed by atoms with van der Waals surface area (Å²) in [4.78, 5) is 2.52. The highest BCUT2D eigenvalue weighted by atomic mass is 79.9. The van der Waals surface area contributed by atoms with Gasteiger partial charge in [-0.25, -0.2) is 0 Å². The first-order valence-corrected chi connectivity index (χ1v) is 7.42. The molecule has 0 bridgehead atoms. The molecule has 1 heterocycles. The molecule has 1 aliphatic rings. The molecule has 1 N–H and O–H groups in total. The van der Waals surface area contributed by atoms with Crippen LogP contribution in [0, 0.1) is 12.3 Å². The molecule has 0 spiro atoms. The molecule has 0 aliphatic carbocycles. The van der Waals surface area contributed by atoms with Gasteiger partial charge in [0, 0.05) is 30.1 Å². The molecule has 1 saturated heterocycles. The molecular formula is C15H23BrN2. The minimum Gasteiger partial charge on any atom is -0.366 e. The van der Waals surface area contributed by atoms with Crippen LogP contribution in [0.4, 0.5) is 5.69 Å². The largest absolute Gasteiger partial charge is 0.366 e. The maximum absolute atomic E-state index is 3.71. The molecule has 3 heteroatoms. The fourth-order valence-corrected chi connectivity index (χ4v) is 3.29. The minimum atomic E-state index is 0.301. The summed E-state index contributed by atoms with van der Waals surface area (Å²) in [5, 5.41) is 3.56. The van der Waals surface area contributed by atoms with Crippen molar-refractivity contribution in [1.29, 1.82) is 0 Å². The Morgan fingerprint density at radius 2 is 2.11 bits per heavy atom. The van der Waals surface area contributed by atoms with Crippen LogP contribution in [0.15, 0.2) is 22.7 Å². The third kappa shape index (κ3) is 3.07. The molecule has 0 amide bonds. The number of anilines is 1. The molecule has 1 atom stereocenters. The van der Waals surface area contributed by atoms with Gasteiger partial charge in [0.25, 0.3) is 0 Å². The Morgan fingerprint density at radius 3 is 2.78 bits per heavy atom. The van der Waals surface area contributed by atoms with Crippen molar-refractivity contribution in [3.05, 3.63) is 28.2 Å². The van der Waals surface area contributed by atoms with Crippen LogP contribution < -0.4 is 10.2 Å². The molecule has 1 aliphatic heterocycles. The highest BCUT2D eigenvalue weighted by Gasteiger charge is 2.29. The number of aryl methyl sites for hydroxylation is 1. The molecular weight excluding hydrogens is 288 g/mol. The van der Waals surface area contributed by atoms with Crippen molar-refractivity contribution < 1.29 is 0 Å². The van der Waals surface area contributed by atoms with Crippen molar-refractivity contribution in [2.24, 2.45) is 5.41 Å². The van der Waals surface area contributed by atoms with Crippen LogP contribution in [-0.4, -0.2) is 25.7 Å². The molecule has 2 nitrogen and oxygen atoms in total. The molecule has 0 radical (unpaired) electrons. The van der Waals surface area contributed by atoms with E-state index in [1.54, 1.807) is 0 Å². The van der Waals surface area contributed by atoms with Gasteiger partial charge in [-0.05, 0) is 52.9 Å². The average molecular weight is 311 g/mol. The number of hydrogen-bond donors (Lipinski definition) is 1. The summed E-state index contributed by atoms with van der Waals surface area (Å²) in [6, 6.07) is 7.15. The van der Waals surface area contributed by atoms with E-state index in [1.165, 1.54) is 15.7 Å². The second-order valence-electron chi connectivity index (χ2n) is 6.23. The van der Waals surface area contributed by atoms with E-state index < -0.39 is 0 Å². The summed E-state index contributed by atoms with van der Waals surface area (Å²) < 4.78 is 1.20. The highest BCUT2D eigenvalue weighted by Crippen LogP contribution is 2.32. The topological polar surface area (TPSA) is 15.3 Å². The Morgan fingerprint density at radius 1 is 1.39 bits per heavy atom. The molecule has 1 aromatic carbocycles. The smallest absolute Gasteiger partial charge is 0.0513 e. The lowest BCUT2D eigenvalue weighted by atomic mass is 9.93.